The van der Waals surface area contributed by atoms with Crippen molar-refractivity contribution in [2.75, 3.05) is 23.8 Å². The largest absolute Gasteiger partial charge is 0.466 e. The van der Waals surface area contributed by atoms with Gasteiger partial charge in [0.1, 0.15) is 10.6 Å². The van der Waals surface area contributed by atoms with E-state index in [0.717, 1.165) is 39.7 Å². The lowest BCUT2D eigenvalue weighted by Gasteiger charge is -2.12. The fourth-order valence-electron chi connectivity index (χ4n) is 3.64. The number of fused-ring (bicyclic) bond motifs is 1. The highest BCUT2D eigenvalue weighted by atomic mass is 32.2. The van der Waals surface area contributed by atoms with E-state index in [1.54, 1.807) is 12.1 Å². The lowest BCUT2D eigenvalue weighted by atomic mass is 10.1. The maximum atomic E-state index is 11.9. The summed E-state index contributed by atoms with van der Waals surface area (Å²) in [5.74, 6) is 0.779. The van der Waals surface area contributed by atoms with Crippen molar-refractivity contribution in [2.45, 2.75) is 37.6 Å². The molecular formula is C26H29N5O4S2. The number of ether oxygens (including phenoxy) is 1. The minimum absolute atomic E-state index is 0.0598. The second-order valence-corrected chi connectivity index (χ2v) is 10.8. The van der Waals surface area contributed by atoms with E-state index in [-0.39, 0.29) is 17.3 Å². The van der Waals surface area contributed by atoms with Crippen LogP contribution in [0.5, 0.6) is 0 Å². The maximum absolute atomic E-state index is 11.9. The third-order valence-corrected chi connectivity index (χ3v) is 7.40. The Morgan fingerprint density at radius 2 is 1.81 bits per heavy atom. The van der Waals surface area contributed by atoms with Crippen LogP contribution in [0.3, 0.4) is 0 Å². The molecule has 0 saturated heterocycles. The predicted octanol–water partition coefficient (Wildman–Crippen LogP) is 4.76. The number of esters is 1. The van der Waals surface area contributed by atoms with Crippen LogP contribution < -0.4 is 15.8 Å². The Labute approximate surface area is 220 Å². The number of unbranched alkanes of at least 4 members (excludes halogenated alkanes) is 1. The molecule has 0 aliphatic rings. The van der Waals surface area contributed by atoms with Crippen molar-refractivity contribution >= 4 is 49.3 Å². The van der Waals surface area contributed by atoms with Crippen LogP contribution in [-0.2, 0) is 26.1 Å². The monoisotopic (exact) mass is 539 g/mol. The lowest BCUT2D eigenvalue weighted by Crippen LogP contribution is -2.14. The summed E-state index contributed by atoms with van der Waals surface area (Å²) < 4.78 is 28.3. The molecule has 9 nitrogen and oxygen atoms in total. The van der Waals surface area contributed by atoms with Crippen molar-refractivity contribution in [1.82, 2.24) is 9.97 Å². The van der Waals surface area contributed by atoms with Crippen molar-refractivity contribution in [1.29, 1.82) is 0 Å². The summed E-state index contributed by atoms with van der Waals surface area (Å²) in [6, 6.07) is 16.4. The normalized spacial score (nSPS) is 11.4. The van der Waals surface area contributed by atoms with Gasteiger partial charge in [0.05, 0.1) is 23.3 Å². The zero-order valence-corrected chi connectivity index (χ0v) is 22.1. The maximum Gasteiger partial charge on any atom is 0.307 e. The lowest BCUT2D eigenvalue weighted by molar-refractivity contribution is -0.143. The van der Waals surface area contributed by atoms with E-state index in [4.69, 9.17) is 14.9 Å². The van der Waals surface area contributed by atoms with Gasteiger partial charge in [0.15, 0.2) is 0 Å². The molecule has 4 N–H and O–H groups in total. The summed E-state index contributed by atoms with van der Waals surface area (Å²) in [7, 11) is -3.75. The first-order chi connectivity index (χ1) is 17.8. The molecule has 0 radical (unpaired) electrons. The molecule has 194 valence electrons. The molecular weight excluding hydrogens is 510 g/mol. The average Bonchev–Trinajstić information content (AvgIpc) is 3.32. The van der Waals surface area contributed by atoms with Crippen molar-refractivity contribution in [2.24, 2.45) is 5.14 Å². The van der Waals surface area contributed by atoms with Crippen LogP contribution in [0.4, 0.5) is 11.8 Å². The highest BCUT2D eigenvalue weighted by Crippen LogP contribution is 2.37. The fourth-order valence-corrected chi connectivity index (χ4v) is 5.10. The number of aromatic nitrogens is 2. The van der Waals surface area contributed by atoms with Crippen molar-refractivity contribution < 1.29 is 17.9 Å². The van der Waals surface area contributed by atoms with Crippen LogP contribution in [-0.4, -0.2) is 37.5 Å². The Hall–Kier alpha value is -3.54. The van der Waals surface area contributed by atoms with Gasteiger partial charge in [0, 0.05) is 24.0 Å². The average molecular weight is 540 g/mol. The Morgan fingerprint density at radius 3 is 2.51 bits per heavy atom. The van der Waals surface area contributed by atoms with Crippen molar-refractivity contribution in [3.05, 3.63) is 65.5 Å². The van der Waals surface area contributed by atoms with Gasteiger partial charge in [-0.3, -0.25) is 4.79 Å². The summed E-state index contributed by atoms with van der Waals surface area (Å²) in [5, 5.41) is 14.7. The molecule has 0 atom stereocenters. The quantitative estimate of drug-likeness (QED) is 0.173. The molecule has 0 fully saturated rings. The molecule has 37 heavy (non-hydrogen) atoms. The fraction of sp³-hybridized carbons (Fsp3) is 0.269. The zero-order valence-electron chi connectivity index (χ0n) is 20.4. The van der Waals surface area contributed by atoms with Gasteiger partial charge in [-0.05, 0) is 29.7 Å². The number of anilines is 2. The van der Waals surface area contributed by atoms with Crippen LogP contribution in [0.1, 0.15) is 31.7 Å². The van der Waals surface area contributed by atoms with E-state index in [2.05, 4.69) is 21.0 Å². The smallest absolute Gasteiger partial charge is 0.307 e. The minimum Gasteiger partial charge on any atom is -0.466 e. The predicted molar refractivity (Wildman–Crippen MR) is 147 cm³/mol. The van der Waals surface area contributed by atoms with Gasteiger partial charge in [-0.1, -0.05) is 55.8 Å². The number of carbonyl (C=O) groups excluding carboxylic acids is 1. The van der Waals surface area contributed by atoms with E-state index in [0.29, 0.717) is 31.5 Å². The Morgan fingerprint density at radius 1 is 1.05 bits per heavy atom. The van der Waals surface area contributed by atoms with Gasteiger partial charge in [-0.15, -0.1) is 11.3 Å². The molecule has 0 aliphatic heterocycles. The number of rotatable bonds is 12. The highest BCUT2D eigenvalue weighted by Gasteiger charge is 2.16. The van der Waals surface area contributed by atoms with E-state index in [1.807, 2.05) is 37.3 Å². The number of sulfonamides is 1. The van der Waals surface area contributed by atoms with E-state index in [1.165, 1.54) is 23.5 Å². The van der Waals surface area contributed by atoms with E-state index < -0.39 is 10.0 Å². The molecule has 0 unspecified atom stereocenters. The van der Waals surface area contributed by atoms with Gasteiger partial charge in [-0.2, -0.15) is 4.98 Å². The first-order valence-electron chi connectivity index (χ1n) is 11.9. The second kappa shape index (κ2) is 12.1. The second-order valence-electron chi connectivity index (χ2n) is 8.38. The van der Waals surface area contributed by atoms with Crippen LogP contribution in [0.2, 0.25) is 0 Å². The van der Waals surface area contributed by atoms with Crippen LogP contribution >= 0.6 is 11.3 Å². The summed E-state index contributed by atoms with van der Waals surface area (Å²) in [4.78, 5) is 22.2. The van der Waals surface area contributed by atoms with Gasteiger partial charge in [0.25, 0.3) is 0 Å². The molecule has 11 heteroatoms. The summed E-state index contributed by atoms with van der Waals surface area (Å²) in [6.45, 7) is 3.23. The minimum atomic E-state index is -3.75. The Kier molecular flexibility index (Phi) is 8.70. The van der Waals surface area contributed by atoms with E-state index >= 15 is 0 Å². The number of nitrogens with two attached hydrogens (primary N) is 1. The van der Waals surface area contributed by atoms with E-state index in [9.17, 15) is 13.2 Å². The SMILES string of the molecule is CCCCOC(=O)CCNc1nc(NCc2ccc(S(N)(=O)=O)cc2)c2c(-c3ccccc3)csc2n1. The number of nitrogens with zero attached hydrogens (tertiary/aromatic N) is 2. The molecule has 0 aliphatic carbocycles. The van der Waals surface area contributed by atoms with Gasteiger partial charge >= 0.3 is 5.97 Å². The first kappa shape index (κ1) is 26.5. The van der Waals surface area contributed by atoms with Crippen molar-refractivity contribution in [3.63, 3.8) is 0 Å². The van der Waals surface area contributed by atoms with Crippen LogP contribution in [0, 0.1) is 0 Å². The molecule has 2 aromatic carbocycles. The third-order valence-electron chi connectivity index (χ3n) is 5.60. The molecule has 4 rings (SSSR count). The Bertz CT molecular complexity index is 1460. The number of thiophene rings is 1. The molecule has 4 aromatic rings. The van der Waals surface area contributed by atoms with Crippen molar-refractivity contribution in [3.8, 4) is 11.1 Å². The summed E-state index contributed by atoms with van der Waals surface area (Å²) in [6.07, 6.45) is 2.03. The number of hydrogen-bond acceptors (Lipinski definition) is 9. The number of benzene rings is 2. The molecule has 0 amide bonds. The third kappa shape index (κ3) is 7.03. The standard InChI is InChI=1S/C26H29N5O4S2/c1-2-3-15-35-22(32)13-14-28-26-30-24(29-16-18-9-11-20(12-10-18)37(27,33)34)23-21(17-36-25(23)31-26)19-7-5-4-6-8-19/h4-12,17H,2-3,13-16H2,1H3,(H2,27,33,34)(H2,28,29,30,31). The van der Waals surface area contributed by atoms with Gasteiger partial charge < -0.3 is 15.4 Å². The molecule has 0 saturated carbocycles. The first-order valence-corrected chi connectivity index (χ1v) is 14.4. The van der Waals surface area contributed by atoms with Crippen LogP contribution in [0.15, 0.2) is 64.9 Å². The number of primary sulfonamides is 1. The van der Waals surface area contributed by atoms with Crippen LogP contribution in [0.25, 0.3) is 21.3 Å². The topological polar surface area (TPSA) is 136 Å². The summed E-state index contributed by atoms with van der Waals surface area (Å²) >= 11 is 1.51. The number of hydrogen-bond donors (Lipinski definition) is 3. The number of nitrogens with one attached hydrogen (secondary N) is 2. The Balaban J connectivity index is 1.56. The molecule has 0 spiro atoms. The zero-order chi connectivity index (χ0) is 26.3. The molecule has 2 aromatic heterocycles. The van der Waals surface area contributed by atoms with Gasteiger partial charge in [-0.25, -0.2) is 18.5 Å². The highest BCUT2D eigenvalue weighted by molar-refractivity contribution is 7.89. The molecule has 0 bridgehead atoms. The molecule has 2 heterocycles. The van der Waals surface area contributed by atoms with Gasteiger partial charge in [0.2, 0.25) is 16.0 Å². The number of carbonyl (C=O) groups is 1. The summed E-state index contributed by atoms with van der Waals surface area (Å²) in [5.41, 5.74) is 2.92.